The minimum Gasteiger partial charge on any atom is -0.314 e. The molecule has 0 aromatic carbocycles. The summed E-state index contributed by atoms with van der Waals surface area (Å²) in [7, 11) is 0. The van der Waals surface area contributed by atoms with Gasteiger partial charge in [0.2, 0.25) is 0 Å². The van der Waals surface area contributed by atoms with Crippen LogP contribution in [0.15, 0.2) is 18.9 Å². The van der Waals surface area contributed by atoms with Crippen LogP contribution in [0.3, 0.4) is 0 Å². The number of rotatable bonds is 8. The lowest BCUT2D eigenvalue weighted by Gasteiger charge is -2.15. The third-order valence-electron chi connectivity index (χ3n) is 2.69. The molecule has 16 heavy (non-hydrogen) atoms. The summed E-state index contributed by atoms with van der Waals surface area (Å²) in [6, 6.07) is 0.631. The summed E-state index contributed by atoms with van der Waals surface area (Å²) >= 11 is 1.80. The molecule has 0 saturated carbocycles. The zero-order chi connectivity index (χ0) is 11.8. The van der Waals surface area contributed by atoms with Gasteiger partial charge in [0.25, 0.3) is 0 Å². The first-order valence-electron chi connectivity index (χ1n) is 6.01. The van der Waals surface area contributed by atoms with Crippen molar-refractivity contribution in [2.75, 3.05) is 6.54 Å². The molecule has 1 heterocycles. The molecule has 3 heteroatoms. The van der Waals surface area contributed by atoms with Crippen molar-refractivity contribution in [2.45, 2.75) is 45.6 Å². The summed E-state index contributed by atoms with van der Waals surface area (Å²) in [6.07, 6.45) is 8.57. The molecule has 0 aliphatic rings. The first kappa shape index (κ1) is 13.4. The van der Waals surface area contributed by atoms with E-state index in [1.807, 2.05) is 12.3 Å². The summed E-state index contributed by atoms with van der Waals surface area (Å²) in [5.74, 6) is 0. The van der Waals surface area contributed by atoms with Gasteiger partial charge in [-0.3, -0.25) is 0 Å². The fourth-order valence-electron chi connectivity index (χ4n) is 1.69. The van der Waals surface area contributed by atoms with Crippen LogP contribution < -0.4 is 5.32 Å². The lowest BCUT2D eigenvalue weighted by molar-refractivity contribution is 0.475. The Labute approximate surface area is 103 Å². The first-order chi connectivity index (χ1) is 7.76. The highest BCUT2D eigenvalue weighted by Gasteiger charge is 2.04. The molecule has 0 amide bonds. The van der Waals surface area contributed by atoms with Gasteiger partial charge in [-0.05, 0) is 32.6 Å². The fourth-order valence-corrected chi connectivity index (χ4v) is 2.48. The maximum absolute atomic E-state index is 4.26. The molecule has 2 nitrogen and oxygen atoms in total. The van der Waals surface area contributed by atoms with E-state index in [1.165, 1.54) is 17.7 Å². The van der Waals surface area contributed by atoms with Crippen LogP contribution in [0.1, 0.15) is 36.1 Å². The standard InChI is InChI=1S/C13H22N2S/c1-4-6-7-12(5-2)14-9-8-13-10-15-11(3)16-13/h4,10,12,14H,1,5-9H2,2-3H3. The molecular weight excluding hydrogens is 216 g/mol. The Morgan fingerprint density at radius 1 is 1.62 bits per heavy atom. The van der Waals surface area contributed by atoms with E-state index in [4.69, 9.17) is 0 Å². The smallest absolute Gasteiger partial charge is 0.0896 e. The predicted molar refractivity (Wildman–Crippen MR) is 72.1 cm³/mol. The van der Waals surface area contributed by atoms with Gasteiger partial charge in [-0.2, -0.15) is 0 Å². The van der Waals surface area contributed by atoms with Gasteiger partial charge < -0.3 is 5.32 Å². The maximum Gasteiger partial charge on any atom is 0.0896 e. The Hall–Kier alpha value is -0.670. The van der Waals surface area contributed by atoms with Crippen LogP contribution in [0.4, 0.5) is 0 Å². The van der Waals surface area contributed by atoms with Gasteiger partial charge in [0.15, 0.2) is 0 Å². The summed E-state index contributed by atoms with van der Waals surface area (Å²) < 4.78 is 0. The highest BCUT2D eigenvalue weighted by molar-refractivity contribution is 7.11. The highest BCUT2D eigenvalue weighted by atomic mass is 32.1. The minimum atomic E-state index is 0.631. The van der Waals surface area contributed by atoms with Crippen LogP contribution >= 0.6 is 11.3 Å². The van der Waals surface area contributed by atoms with Gasteiger partial charge in [0, 0.05) is 23.7 Å². The number of thiazole rings is 1. The topological polar surface area (TPSA) is 24.9 Å². The number of nitrogens with zero attached hydrogens (tertiary/aromatic N) is 1. The molecule has 1 aromatic rings. The predicted octanol–water partition coefficient (Wildman–Crippen LogP) is 3.33. The molecule has 0 radical (unpaired) electrons. The monoisotopic (exact) mass is 238 g/mol. The van der Waals surface area contributed by atoms with E-state index in [-0.39, 0.29) is 0 Å². The summed E-state index contributed by atoms with van der Waals surface area (Å²) in [4.78, 5) is 5.64. The van der Waals surface area contributed by atoms with E-state index in [1.54, 1.807) is 11.3 Å². The molecule has 0 bridgehead atoms. The molecule has 1 rings (SSSR count). The van der Waals surface area contributed by atoms with Crippen molar-refractivity contribution in [3.05, 3.63) is 28.7 Å². The van der Waals surface area contributed by atoms with Gasteiger partial charge in [-0.25, -0.2) is 4.98 Å². The summed E-state index contributed by atoms with van der Waals surface area (Å²) in [5, 5.41) is 4.75. The van der Waals surface area contributed by atoms with Gasteiger partial charge in [-0.15, -0.1) is 17.9 Å². The Kier molecular flexibility index (Phi) is 6.34. The Balaban J connectivity index is 2.20. The van der Waals surface area contributed by atoms with Gasteiger partial charge in [-0.1, -0.05) is 13.0 Å². The van der Waals surface area contributed by atoms with Crippen molar-refractivity contribution >= 4 is 11.3 Å². The first-order valence-corrected chi connectivity index (χ1v) is 6.83. The Morgan fingerprint density at radius 3 is 3.00 bits per heavy atom. The van der Waals surface area contributed by atoms with E-state index >= 15 is 0 Å². The maximum atomic E-state index is 4.26. The third-order valence-corrected chi connectivity index (χ3v) is 3.66. The van der Waals surface area contributed by atoms with Crippen molar-refractivity contribution in [3.63, 3.8) is 0 Å². The zero-order valence-corrected chi connectivity index (χ0v) is 11.1. The van der Waals surface area contributed by atoms with Crippen molar-refractivity contribution in [3.8, 4) is 0 Å². The highest BCUT2D eigenvalue weighted by Crippen LogP contribution is 2.11. The Morgan fingerprint density at radius 2 is 2.44 bits per heavy atom. The second-order valence-electron chi connectivity index (χ2n) is 4.02. The average molecular weight is 238 g/mol. The van der Waals surface area contributed by atoms with Gasteiger partial charge in [0.1, 0.15) is 0 Å². The summed E-state index contributed by atoms with van der Waals surface area (Å²) in [6.45, 7) is 9.11. The average Bonchev–Trinajstić information content (AvgIpc) is 2.69. The van der Waals surface area contributed by atoms with Gasteiger partial charge in [0.05, 0.1) is 5.01 Å². The van der Waals surface area contributed by atoms with E-state index in [9.17, 15) is 0 Å². The number of aryl methyl sites for hydroxylation is 1. The van der Waals surface area contributed by atoms with Crippen molar-refractivity contribution in [2.24, 2.45) is 0 Å². The van der Waals surface area contributed by atoms with E-state index in [2.05, 4.69) is 30.7 Å². The zero-order valence-electron chi connectivity index (χ0n) is 10.3. The van der Waals surface area contributed by atoms with Crippen molar-refractivity contribution in [1.29, 1.82) is 0 Å². The van der Waals surface area contributed by atoms with Gasteiger partial charge >= 0.3 is 0 Å². The molecule has 1 atom stereocenters. The molecule has 0 saturated heterocycles. The molecule has 0 spiro atoms. The fraction of sp³-hybridized carbons (Fsp3) is 0.615. The van der Waals surface area contributed by atoms with E-state index in [0.717, 1.165) is 24.4 Å². The second kappa shape index (κ2) is 7.58. The normalized spacial score (nSPS) is 12.6. The second-order valence-corrected chi connectivity index (χ2v) is 5.34. The van der Waals surface area contributed by atoms with Crippen molar-refractivity contribution in [1.82, 2.24) is 10.3 Å². The number of aromatic nitrogens is 1. The quantitative estimate of drug-likeness (QED) is 0.703. The minimum absolute atomic E-state index is 0.631. The number of hydrogen-bond donors (Lipinski definition) is 1. The van der Waals surface area contributed by atoms with Crippen LogP contribution in [0, 0.1) is 6.92 Å². The van der Waals surface area contributed by atoms with E-state index < -0.39 is 0 Å². The SMILES string of the molecule is C=CCCC(CC)NCCc1cnc(C)s1. The Bertz CT molecular complexity index is 307. The molecular formula is C13H22N2S. The molecule has 90 valence electrons. The lowest BCUT2D eigenvalue weighted by atomic mass is 10.1. The lowest BCUT2D eigenvalue weighted by Crippen LogP contribution is -2.30. The van der Waals surface area contributed by atoms with Crippen LogP contribution in [0.25, 0.3) is 0 Å². The van der Waals surface area contributed by atoms with Crippen LogP contribution in [-0.4, -0.2) is 17.6 Å². The molecule has 1 N–H and O–H groups in total. The number of allylic oxidation sites excluding steroid dienone is 1. The largest absolute Gasteiger partial charge is 0.314 e. The molecule has 1 unspecified atom stereocenters. The van der Waals surface area contributed by atoms with Crippen LogP contribution in [0.2, 0.25) is 0 Å². The molecule has 1 aromatic heterocycles. The number of nitrogens with one attached hydrogen (secondary N) is 1. The molecule has 0 fully saturated rings. The number of hydrogen-bond acceptors (Lipinski definition) is 3. The molecule has 0 aliphatic heterocycles. The van der Waals surface area contributed by atoms with Crippen LogP contribution in [0.5, 0.6) is 0 Å². The third kappa shape index (κ3) is 4.90. The summed E-state index contributed by atoms with van der Waals surface area (Å²) in [5.41, 5.74) is 0. The van der Waals surface area contributed by atoms with Crippen LogP contribution in [-0.2, 0) is 6.42 Å². The van der Waals surface area contributed by atoms with Crippen molar-refractivity contribution < 1.29 is 0 Å². The van der Waals surface area contributed by atoms with E-state index in [0.29, 0.717) is 6.04 Å². The molecule has 0 aliphatic carbocycles.